The first kappa shape index (κ1) is 24.2. The molecular weight excluding hydrogens is 487 g/mol. The zero-order valence-electron chi connectivity index (χ0n) is 18.7. The fraction of sp³-hybridized carbons (Fsp3) is 0.227. The number of pyridine rings is 2. The van der Waals surface area contributed by atoms with E-state index in [0.29, 0.717) is 17.1 Å². The van der Waals surface area contributed by atoms with Crippen molar-refractivity contribution in [2.45, 2.75) is 33.0 Å². The van der Waals surface area contributed by atoms with Gasteiger partial charge in [0.2, 0.25) is 0 Å². The molecule has 0 atom stereocenters. The Hall–Kier alpha value is -3.93. The lowest BCUT2D eigenvalue weighted by Crippen LogP contribution is -2.33. The highest BCUT2D eigenvalue weighted by Gasteiger charge is 2.37. The number of nitrogens with one attached hydrogen (secondary N) is 2. The molecule has 9 nitrogen and oxygen atoms in total. The number of hydrogen-bond acceptors (Lipinski definition) is 5. The first-order valence-corrected chi connectivity index (χ1v) is 10.7. The molecular formula is C22H19ClF3N7O2. The summed E-state index contributed by atoms with van der Waals surface area (Å²) in [5, 5.41) is 13.0. The normalized spacial score (nSPS) is 11.8. The number of amides is 2. The molecule has 0 aliphatic heterocycles. The van der Waals surface area contributed by atoms with Crippen LogP contribution < -0.4 is 10.6 Å². The second-order valence-corrected chi connectivity index (χ2v) is 8.34. The Labute approximate surface area is 201 Å². The van der Waals surface area contributed by atoms with Gasteiger partial charge in [-0.1, -0.05) is 11.6 Å². The molecule has 0 bridgehead atoms. The van der Waals surface area contributed by atoms with Crippen LogP contribution in [0.15, 0.2) is 42.7 Å². The molecule has 0 radical (unpaired) electrons. The van der Waals surface area contributed by atoms with Crippen LogP contribution in [0.2, 0.25) is 5.02 Å². The Balaban J connectivity index is 1.84. The summed E-state index contributed by atoms with van der Waals surface area (Å²) in [5.41, 5.74) is -0.588. The summed E-state index contributed by atoms with van der Waals surface area (Å²) in [6, 6.07) is 6.63. The van der Waals surface area contributed by atoms with Crippen molar-refractivity contribution in [1.29, 1.82) is 0 Å². The number of aromatic nitrogens is 5. The molecule has 4 aromatic rings. The van der Waals surface area contributed by atoms with E-state index in [9.17, 15) is 22.8 Å². The lowest BCUT2D eigenvalue weighted by molar-refractivity contribution is -0.141. The van der Waals surface area contributed by atoms with Crippen molar-refractivity contribution in [3.8, 4) is 5.82 Å². The SMILES string of the molecule is Cc1cc2ccnn2c(C(=O)NC(C)C)c1NC(=O)c1cc(C(F)(F)F)nn1-c1ncccc1Cl. The zero-order valence-corrected chi connectivity index (χ0v) is 19.4. The van der Waals surface area contributed by atoms with Crippen molar-refractivity contribution < 1.29 is 22.8 Å². The lowest BCUT2D eigenvalue weighted by Gasteiger charge is -2.17. The summed E-state index contributed by atoms with van der Waals surface area (Å²) in [6.45, 7) is 5.18. The van der Waals surface area contributed by atoms with Crippen molar-refractivity contribution in [1.82, 2.24) is 29.7 Å². The molecule has 0 fully saturated rings. The number of halogens is 4. The molecule has 4 heterocycles. The summed E-state index contributed by atoms with van der Waals surface area (Å²) in [4.78, 5) is 30.3. The highest BCUT2D eigenvalue weighted by molar-refractivity contribution is 6.32. The van der Waals surface area contributed by atoms with Gasteiger partial charge in [0.25, 0.3) is 11.8 Å². The van der Waals surface area contributed by atoms with Crippen molar-refractivity contribution in [3.05, 3.63) is 70.4 Å². The third-order valence-corrected chi connectivity index (χ3v) is 5.22. The van der Waals surface area contributed by atoms with Gasteiger partial charge < -0.3 is 10.6 Å². The monoisotopic (exact) mass is 505 g/mol. The standard InChI is InChI=1S/C22H19ClF3N7O2/c1-11(2)29-21(35)18-17(12(3)9-13-6-8-28-32(13)18)30-20(34)15-10-16(22(24,25)26)31-33(15)19-14(23)5-4-7-27-19/h4-11H,1-3H3,(H,29,35)(H,30,34). The minimum atomic E-state index is -4.83. The van der Waals surface area contributed by atoms with Gasteiger partial charge in [0.1, 0.15) is 5.69 Å². The third kappa shape index (κ3) is 4.69. The number of carbonyl (C=O) groups excluding carboxylic acids is 2. The minimum absolute atomic E-state index is 0.00971. The number of hydrogen-bond donors (Lipinski definition) is 2. The fourth-order valence-corrected chi connectivity index (χ4v) is 3.65. The summed E-state index contributed by atoms with van der Waals surface area (Å²) < 4.78 is 42.4. The van der Waals surface area contributed by atoms with Crippen LogP contribution in [0.4, 0.5) is 18.9 Å². The Morgan fingerprint density at radius 2 is 1.86 bits per heavy atom. The number of nitrogens with zero attached hydrogens (tertiary/aromatic N) is 5. The first-order chi connectivity index (χ1) is 16.5. The summed E-state index contributed by atoms with van der Waals surface area (Å²) >= 11 is 6.11. The van der Waals surface area contributed by atoms with E-state index < -0.39 is 29.4 Å². The molecule has 0 saturated heterocycles. The molecule has 0 aliphatic carbocycles. The van der Waals surface area contributed by atoms with Crippen molar-refractivity contribution in [2.24, 2.45) is 0 Å². The van der Waals surface area contributed by atoms with Crippen molar-refractivity contribution in [2.75, 3.05) is 5.32 Å². The number of fused-ring (bicyclic) bond motifs is 1. The quantitative estimate of drug-likeness (QED) is 0.421. The molecule has 4 rings (SSSR count). The Morgan fingerprint density at radius 1 is 1.11 bits per heavy atom. The molecule has 0 saturated carbocycles. The van der Waals surface area contributed by atoms with E-state index in [-0.39, 0.29) is 28.3 Å². The van der Waals surface area contributed by atoms with Crippen molar-refractivity contribution >= 4 is 34.6 Å². The molecule has 0 aliphatic rings. The maximum absolute atomic E-state index is 13.5. The van der Waals surface area contributed by atoms with Crippen molar-refractivity contribution in [3.63, 3.8) is 0 Å². The summed E-state index contributed by atoms with van der Waals surface area (Å²) in [5.74, 6) is -1.64. The van der Waals surface area contributed by atoms with E-state index in [2.05, 4.69) is 25.8 Å². The number of alkyl halides is 3. The number of anilines is 1. The molecule has 0 spiro atoms. The van der Waals surface area contributed by atoms with Gasteiger partial charge in [0, 0.05) is 18.3 Å². The van der Waals surface area contributed by atoms with Gasteiger partial charge in [0.05, 0.1) is 22.4 Å². The topological polar surface area (TPSA) is 106 Å². The second kappa shape index (κ2) is 9.02. The maximum atomic E-state index is 13.5. The van der Waals surface area contributed by atoms with Gasteiger partial charge in [-0.25, -0.2) is 14.2 Å². The number of rotatable bonds is 5. The minimum Gasteiger partial charge on any atom is -0.348 e. The van der Waals surface area contributed by atoms with E-state index in [1.807, 2.05) is 0 Å². The van der Waals surface area contributed by atoms with Gasteiger partial charge in [-0.15, -0.1) is 0 Å². The lowest BCUT2D eigenvalue weighted by atomic mass is 10.1. The van der Waals surface area contributed by atoms with Crippen LogP contribution in [0.25, 0.3) is 11.3 Å². The largest absolute Gasteiger partial charge is 0.435 e. The van der Waals surface area contributed by atoms with Crippen LogP contribution in [-0.2, 0) is 6.18 Å². The zero-order chi connectivity index (χ0) is 25.5. The highest BCUT2D eigenvalue weighted by atomic mass is 35.5. The Bertz CT molecular complexity index is 1440. The van der Waals surface area contributed by atoms with Crippen LogP contribution in [-0.4, -0.2) is 42.2 Å². The van der Waals surface area contributed by atoms with E-state index in [0.717, 1.165) is 4.68 Å². The van der Waals surface area contributed by atoms with Crippen LogP contribution >= 0.6 is 11.6 Å². The predicted octanol–water partition coefficient (Wildman–Crippen LogP) is 4.29. The average molecular weight is 506 g/mol. The third-order valence-electron chi connectivity index (χ3n) is 4.92. The molecule has 2 N–H and O–H groups in total. The van der Waals surface area contributed by atoms with E-state index in [1.165, 1.54) is 29.0 Å². The average Bonchev–Trinajstić information content (AvgIpc) is 3.41. The van der Waals surface area contributed by atoms with E-state index in [1.54, 1.807) is 32.9 Å². The maximum Gasteiger partial charge on any atom is 0.435 e. The van der Waals surface area contributed by atoms with Gasteiger partial charge in [-0.05, 0) is 50.6 Å². The molecule has 13 heteroatoms. The molecule has 35 heavy (non-hydrogen) atoms. The van der Waals surface area contributed by atoms with Gasteiger partial charge in [-0.3, -0.25) is 9.59 Å². The Kier molecular flexibility index (Phi) is 6.24. The van der Waals surface area contributed by atoms with Crippen LogP contribution in [0.1, 0.15) is 46.1 Å². The number of carbonyl (C=O) groups is 2. The molecule has 0 unspecified atom stereocenters. The van der Waals surface area contributed by atoms with Gasteiger partial charge in [0.15, 0.2) is 17.2 Å². The molecule has 2 amide bonds. The number of aryl methyl sites for hydroxylation is 1. The first-order valence-electron chi connectivity index (χ1n) is 10.3. The fourth-order valence-electron chi connectivity index (χ4n) is 3.45. The van der Waals surface area contributed by atoms with Gasteiger partial charge in [-0.2, -0.15) is 23.4 Å². The summed E-state index contributed by atoms with van der Waals surface area (Å²) in [6.07, 6.45) is -2.03. The smallest absolute Gasteiger partial charge is 0.348 e. The highest BCUT2D eigenvalue weighted by Crippen LogP contribution is 2.31. The van der Waals surface area contributed by atoms with E-state index >= 15 is 0 Å². The van der Waals surface area contributed by atoms with Gasteiger partial charge >= 0.3 is 6.18 Å². The van der Waals surface area contributed by atoms with Crippen LogP contribution in [0.5, 0.6) is 0 Å². The molecule has 4 aromatic heterocycles. The van der Waals surface area contributed by atoms with Crippen LogP contribution in [0, 0.1) is 6.92 Å². The predicted molar refractivity (Wildman–Crippen MR) is 122 cm³/mol. The molecule has 0 aromatic carbocycles. The summed E-state index contributed by atoms with van der Waals surface area (Å²) in [7, 11) is 0. The van der Waals surface area contributed by atoms with Crippen LogP contribution in [0.3, 0.4) is 0 Å². The Morgan fingerprint density at radius 3 is 2.51 bits per heavy atom. The molecule has 182 valence electrons. The second-order valence-electron chi connectivity index (χ2n) is 7.93. The van der Waals surface area contributed by atoms with E-state index in [4.69, 9.17) is 11.6 Å².